The maximum atomic E-state index is 10.1. The number of aliphatic hydroxyl groups is 1. The number of anilines is 1. The first kappa shape index (κ1) is 13.2. The molecule has 0 amide bonds. The van der Waals surface area contributed by atoms with Gasteiger partial charge in [0.1, 0.15) is 5.82 Å². The third-order valence-electron chi connectivity index (χ3n) is 2.12. The molecule has 1 rings (SSSR count). The van der Waals surface area contributed by atoms with E-state index >= 15 is 0 Å². The fourth-order valence-electron chi connectivity index (χ4n) is 1.67. The van der Waals surface area contributed by atoms with Crippen molar-refractivity contribution in [1.29, 1.82) is 0 Å². The molecule has 0 saturated heterocycles. The number of hydrogen-bond acceptors (Lipinski definition) is 4. The summed E-state index contributed by atoms with van der Waals surface area (Å²) >= 11 is 5.65. The summed E-state index contributed by atoms with van der Waals surface area (Å²) in [7, 11) is 0. The second kappa shape index (κ2) is 5.46. The van der Waals surface area contributed by atoms with E-state index in [1.165, 1.54) is 0 Å². The van der Waals surface area contributed by atoms with E-state index in [1.54, 1.807) is 12.3 Å². The Labute approximate surface area is 101 Å². The third-order valence-corrected chi connectivity index (χ3v) is 2.31. The second-order valence-corrected chi connectivity index (χ2v) is 5.00. The lowest BCUT2D eigenvalue weighted by atomic mass is 9.94. The zero-order valence-electron chi connectivity index (χ0n) is 9.87. The number of hydrogen-bond donors (Lipinski definition) is 2. The van der Waals surface area contributed by atoms with Gasteiger partial charge in [-0.25, -0.2) is 9.97 Å². The molecule has 4 nitrogen and oxygen atoms in total. The first-order valence-corrected chi connectivity index (χ1v) is 5.72. The number of rotatable bonds is 5. The van der Waals surface area contributed by atoms with Gasteiger partial charge in [0.2, 0.25) is 5.28 Å². The first-order chi connectivity index (χ1) is 7.39. The Kier molecular flexibility index (Phi) is 4.50. The van der Waals surface area contributed by atoms with Crippen LogP contribution in [0.25, 0.3) is 0 Å². The molecule has 0 radical (unpaired) electrons. The van der Waals surface area contributed by atoms with Crippen LogP contribution in [0.1, 0.15) is 27.2 Å². The molecule has 1 heterocycles. The molecule has 0 aliphatic carbocycles. The van der Waals surface area contributed by atoms with Crippen LogP contribution in [-0.4, -0.2) is 27.2 Å². The average molecular weight is 244 g/mol. The lowest BCUT2D eigenvalue weighted by molar-refractivity contribution is 0.0515. The van der Waals surface area contributed by atoms with Gasteiger partial charge in [0, 0.05) is 12.7 Å². The maximum Gasteiger partial charge on any atom is 0.224 e. The molecule has 0 bridgehead atoms. The Bertz CT molecular complexity index is 342. The van der Waals surface area contributed by atoms with Crippen molar-refractivity contribution in [2.45, 2.75) is 32.8 Å². The minimum absolute atomic E-state index is 0.202. The highest BCUT2D eigenvalue weighted by molar-refractivity contribution is 6.28. The summed E-state index contributed by atoms with van der Waals surface area (Å²) in [6.45, 7) is 6.41. The second-order valence-electron chi connectivity index (χ2n) is 4.66. The molecule has 1 atom stereocenters. The van der Waals surface area contributed by atoms with Gasteiger partial charge in [-0.1, -0.05) is 13.8 Å². The van der Waals surface area contributed by atoms with Crippen LogP contribution in [0, 0.1) is 5.92 Å². The molecule has 0 aliphatic rings. The van der Waals surface area contributed by atoms with Gasteiger partial charge in [0.15, 0.2) is 0 Å². The normalized spacial score (nSPS) is 14.9. The van der Waals surface area contributed by atoms with Crippen molar-refractivity contribution < 1.29 is 5.11 Å². The van der Waals surface area contributed by atoms with Crippen molar-refractivity contribution in [3.05, 3.63) is 17.5 Å². The van der Waals surface area contributed by atoms with Crippen molar-refractivity contribution in [2.24, 2.45) is 5.92 Å². The molecule has 16 heavy (non-hydrogen) atoms. The molecule has 0 saturated carbocycles. The zero-order valence-corrected chi connectivity index (χ0v) is 10.6. The lowest BCUT2D eigenvalue weighted by Crippen LogP contribution is -2.35. The predicted molar refractivity (Wildman–Crippen MR) is 65.6 cm³/mol. The minimum Gasteiger partial charge on any atom is -0.388 e. The van der Waals surface area contributed by atoms with E-state index in [2.05, 4.69) is 29.1 Å². The summed E-state index contributed by atoms with van der Waals surface area (Å²) in [6, 6.07) is 1.72. The predicted octanol–water partition coefficient (Wildman–Crippen LogP) is 2.34. The summed E-state index contributed by atoms with van der Waals surface area (Å²) in [5.74, 6) is 1.08. The van der Waals surface area contributed by atoms with Gasteiger partial charge in [-0.2, -0.15) is 0 Å². The van der Waals surface area contributed by atoms with Crippen LogP contribution >= 0.6 is 11.6 Å². The summed E-state index contributed by atoms with van der Waals surface area (Å²) in [5.41, 5.74) is -0.744. The Morgan fingerprint density at radius 3 is 2.81 bits per heavy atom. The summed E-state index contributed by atoms with van der Waals surface area (Å²) < 4.78 is 0. The van der Waals surface area contributed by atoms with Gasteiger partial charge in [0.25, 0.3) is 0 Å². The van der Waals surface area contributed by atoms with Crippen LogP contribution < -0.4 is 5.32 Å². The number of aromatic nitrogens is 2. The topological polar surface area (TPSA) is 58.0 Å². The number of nitrogens with zero attached hydrogens (tertiary/aromatic N) is 2. The highest BCUT2D eigenvalue weighted by Crippen LogP contribution is 2.17. The molecular formula is C11H18ClN3O. The quantitative estimate of drug-likeness (QED) is 0.780. The minimum atomic E-state index is -0.744. The molecule has 2 N–H and O–H groups in total. The van der Waals surface area contributed by atoms with Gasteiger partial charge in [-0.3, -0.25) is 0 Å². The van der Waals surface area contributed by atoms with Gasteiger partial charge in [0.05, 0.1) is 5.60 Å². The van der Waals surface area contributed by atoms with E-state index in [9.17, 15) is 5.11 Å². The van der Waals surface area contributed by atoms with Crippen LogP contribution in [0.5, 0.6) is 0 Å². The third kappa shape index (κ3) is 4.77. The lowest BCUT2D eigenvalue weighted by Gasteiger charge is -2.25. The van der Waals surface area contributed by atoms with E-state index in [0.29, 0.717) is 18.3 Å². The van der Waals surface area contributed by atoms with Crippen LogP contribution in [0.3, 0.4) is 0 Å². The van der Waals surface area contributed by atoms with Crippen LogP contribution in [-0.2, 0) is 0 Å². The number of halogens is 1. The van der Waals surface area contributed by atoms with Crippen molar-refractivity contribution in [2.75, 3.05) is 11.9 Å². The smallest absolute Gasteiger partial charge is 0.224 e. The van der Waals surface area contributed by atoms with Crippen molar-refractivity contribution in [3.63, 3.8) is 0 Å². The standard InChI is InChI=1S/C11H18ClN3O/c1-8(2)6-11(3,16)7-14-9-4-5-13-10(12)15-9/h4-5,8,16H,6-7H2,1-3H3,(H,13,14,15). The maximum absolute atomic E-state index is 10.1. The van der Waals surface area contributed by atoms with E-state index in [0.717, 1.165) is 6.42 Å². The molecule has 1 aromatic rings. The first-order valence-electron chi connectivity index (χ1n) is 5.34. The average Bonchev–Trinajstić information content (AvgIpc) is 2.13. The van der Waals surface area contributed by atoms with Crippen molar-refractivity contribution in [1.82, 2.24) is 9.97 Å². The Morgan fingerprint density at radius 1 is 1.56 bits per heavy atom. The monoisotopic (exact) mass is 243 g/mol. The van der Waals surface area contributed by atoms with E-state index in [-0.39, 0.29) is 5.28 Å². The highest BCUT2D eigenvalue weighted by atomic mass is 35.5. The van der Waals surface area contributed by atoms with Crippen molar-refractivity contribution >= 4 is 17.4 Å². The summed E-state index contributed by atoms with van der Waals surface area (Å²) in [6.07, 6.45) is 2.31. The Hall–Kier alpha value is -0.870. The van der Waals surface area contributed by atoms with Crippen LogP contribution in [0.15, 0.2) is 12.3 Å². The van der Waals surface area contributed by atoms with Gasteiger partial charge in [-0.05, 0) is 36.9 Å². The molecule has 0 aliphatic heterocycles. The fraction of sp³-hybridized carbons (Fsp3) is 0.636. The van der Waals surface area contributed by atoms with E-state index < -0.39 is 5.60 Å². The number of nitrogens with one attached hydrogen (secondary N) is 1. The molecule has 0 aromatic carbocycles. The molecule has 90 valence electrons. The highest BCUT2D eigenvalue weighted by Gasteiger charge is 2.21. The summed E-state index contributed by atoms with van der Waals surface area (Å²) in [5, 5.41) is 13.3. The zero-order chi connectivity index (χ0) is 12.2. The van der Waals surface area contributed by atoms with Crippen LogP contribution in [0.2, 0.25) is 5.28 Å². The Morgan fingerprint density at radius 2 is 2.25 bits per heavy atom. The molecule has 0 spiro atoms. The van der Waals surface area contributed by atoms with Gasteiger partial charge >= 0.3 is 0 Å². The van der Waals surface area contributed by atoms with E-state index in [4.69, 9.17) is 11.6 Å². The molecule has 1 unspecified atom stereocenters. The van der Waals surface area contributed by atoms with Gasteiger partial charge in [-0.15, -0.1) is 0 Å². The SMILES string of the molecule is CC(C)CC(C)(O)CNc1ccnc(Cl)n1. The largest absolute Gasteiger partial charge is 0.388 e. The molecule has 0 fully saturated rings. The summed E-state index contributed by atoms with van der Waals surface area (Å²) in [4.78, 5) is 7.77. The van der Waals surface area contributed by atoms with E-state index in [1.807, 2.05) is 6.92 Å². The molecule has 5 heteroatoms. The Balaban J connectivity index is 2.50. The molecular weight excluding hydrogens is 226 g/mol. The van der Waals surface area contributed by atoms with Gasteiger partial charge < -0.3 is 10.4 Å². The molecule has 1 aromatic heterocycles. The fourth-order valence-corrected chi connectivity index (χ4v) is 1.81. The van der Waals surface area contributed by atoms with Crippen LogP contribution in [0.4, 0.5) is 5.82 Å². The van der Waals surface area contributed by atoms with Crippen molar-refractivity contribution in [3.8, 4) is 0 Å².